The van der Waals surface area contributed by atoms with E-state index in [1.165, 1.54) is 0 Å². The van der Waals surface area contributed by atoms with Gasteiger partial charge in [-0.25, -0.2) is 4.79 Å². The highest BCUT2D eigenvalue weighted by molar-refractivity contribution is 5.95. The summed E-state index contributed by atoms with van der Waals surface area (Å²) in [5.41, 5.74) is 6.37. The largest absolute Gasteiger partial charge is 0.452 e. The molecule has 0 fully saturated rings. The predicted octanol–water partition coefficient (Wildman–Crippen LogP) is 4.51. The Morgan fingerprint density at radius 2 is 1.61 bits per heavy atom. The molecule has 0 saturated heterocycles. The van der Waals surface area contributed by atoms with Crippen molar-refractivity contribution in [1.29, 1.82) is 0 Å². The molecule has 0 radical (unpaired) electrons. The van der Waals surface area contributed by atoms with Gasteiger partial charge in [0.05, 0.1) is 5.56 Å². The van der Waals surface area contributed by atoms with Crippen molar-refractivity contribution in [2.45, 2.75) is 27.7 Å². The summed E-state index contributed by atoms with van der Waals surface area (Å²) >= 11 is 0. The molecule has 3 rings (SSSR count). The third-order valence-corrected chi connectivity index (χ3v) is 4.74. The summed E-state index contributed by atoms with van der Waals surface area (Å²) in [6.45, 7) is 7.67. The predicted molar refractivity (Wildman–Crippen MR) is 110 cm³/mol. The molecule has 5 heteroatoms. The van der Waals surface area contributed by atoms with Gasteiger partial charge in [-0.3, -0.25) is 4.79 Å². The van der Waals surface area contributed by atoms with E-state index >= 15 is 0 Å². The zero-order valence-electron chi connectivity index (χ0n) is 16.6. The van der Waals surface area contributed by atoms with E-state index in [1.54, 1.807) is 18.2 Å². The average Bonchev–Trinajstić information content (AvgIpc) is 3.01. The zero-order valence-corrected chi connectivity index (χ0v) is 16.6. The summed E-state index contributed by atoms with van der Waals surface area (Å²) in [4.78, 5) is 24.5. The Morgan fingerprint density at radius 1 is 0.893 bits per heavy atom. The number of aryl methyl sites for hydroxylation is 4. The van der Waals surface area contributed by atoms with Crippen LogP contribution in [0, 0.1) is 27.7 Å². The molecule has 0 aliphatic rings. The molecule has 144 valence electrons. The fourth-order valence-electron chi connectivity index (χ4n) is 3.08. The molecule has 0 aliphatic carbocycles. The minimum atomic E-state index is -0.528. The molecule has 1 aromatic heterocycles. The fraction of sp³-hybridized carbons (Fsp3) is 0.217. The van der Waals surface area contributed by atoms with Gasteiger partial charge >= 0.3 is 5.97 Å². The summed E-state index contributed by atoms with van der Waals surface area (Å²) in [7, 11) is 0. The van der Waals surface area contributed by atoms with Crippen molar-refractivity contribution in [3.63, 3.8) is 0 Å². The van der Waals surface area contributed by atoms with Gasteiger partial charge in [-0.15, -0.1) is 0 Å². The van der Waals surface area contributed by atoms with E-state index in [0.717, 1.165) is 28.2 Å². The van der Waals surface area contributed by atoms with Crippen molar-refractivity contribution in [1.82, 2.24) is 4.57 Å². The fourth-order valence-corrected chi connectivity index (χ4v) is 3.08. The van der Waals surface area contributed by atoms with Crippen molar-refractivity contribution >= 4 is 17.6 Å². The van der Waals surface area contributed by atoms with E-state index in [0.29, 0.717) is 11.3 Å². The van der Waals surface area contributed by atoms with Crippen LogP contribution in [0.15, 0.2) is 54.6 Å². The summed E-state index contributed by atoms with van der Waals surface area (Å²) in [5, 5.41) is 2.75. The second-order valence-electron chi connectivity index (χ2n) is 6.93. The first kappa shape index (κ1) is 19.4. The van der Waals surface area contributed by atoms with E-state index in [1.807, 2.05) is 64.1 Å². The third-order valence-electron chi connectivity index (χ3n) is 4.74. The van der Waals surface area contributed by atoms with Gasteiger partial charge in [0.1, 0.15) is 0 Å². The maximum Gasteiger partial charge on any atom is 0.338 e. The molecule has 1 heterocycles. The molecule has 5 nitrogen and oxygen atoms in total. The van der Waals surface area contributed by atoms with Crippen LogP contribution in [0.3, 0.4) is 0 Å². The number of ether oxygens (including phenoxy) is 1. The van der Waals surface area contributed by atoms with Gasteiger partial charge in [0.15, 0.2) is 6.61 Å². The molecule has 2 aromatic carbocycles. The highest BCUT2D eigenvalue weighted by Gasteiger charge is 2.13. The monoisotopic (exact) mass is 376 g/mol. The van der Waals surface area contributed by atoms with Crippen LogP contribution >= 0.6 is 0 Å². The number of nitrogens with zero attached hydrogens (tertiary/aromatic N) is 1. The van der Waals surface area contributed by atoms with Gasteiger partial charge in [0.2, 0.25) is 0 Å². The molecule has 0 saturated carbocycles. The maximum atomic E-state index is 12.4. The number of carbonyl (C=O) groups excluding carboxylic acids is 2. The highest BCUT2D eigenvalue weighted by Crippen LogP contribution is 2.18. The Labute approximate surface area is 165 Å². The Morgan fingerprint density at radius 3 is 2.29 bits per heavy atom. The molecule has 3 aromatic rings. The van der Waals surface area contributed by atoms with Crippen molar-refractivity contribution in [3.05, 3.63) is 82.7 Å². The van der Waals surface area contributed by atoms with Crippen LogP contribution in [0.2, 0.25) is 0 Å². The molecule has 0 atom stereocenters. The molecule has 1 amide bonds. The van der Waals surface area contributed by atoms with Gasteiger partial charge < -0.3 is 14.6 Å². The number of aromatic nitrogens is 1. The van der Waals surface area contributed by atoms with E-state index in [2.05, 4.69) is 9.88 Å². The van der Waals surface area contributed by atoms with Gasteiger partial charge in [0.25, 0.3) is 5.91 Å². The molecule has 0 spiro atoms. The number of nitrogens with one attached hydrogen (secondary N) is 1. The first-order valence-electron chi connectivity index (χ1n) is 9.15. The quantitative estimate of drug-likeness (QED) is 0.667. The molecule has 0 unspecified atom stereocenters. The number of rotatable bonds is 5. The third kappa shape index (κ3) is 4.31. The van der Waals surface area contributed by atoms with Crippen molar-refractivity contribution < 1.29 is 14.3 Å². The van der Waals surface area contributed by atoms with Crippen LogP contribution in [-0.2, 0) is 9.53 Å². The molecular weight excluding hydrogens is 352 g/mol. The first-order valence-corrected chi connectivity index (χ1v) is 9.15. The van der Waals surface area contributed by atoms with E-state index < -0.39 is 5.97 Å². The van der Waals surface area contributed by atoms with Gasteiger partial charge in [-0.05, 0) is 81.3 Å². The summed E-state index contributed by atoms with van der Waals surface area (Å²) in [6.07, 6.45) is 0. The van der Waals surface area contributed by atoms with E-state index in [-0.39, 0.29) is 12.5 Å². The Bertz CT molecular complexity index is 1010. The number of hydrogen-bond donors (Lipinski definition) is 1. The standard InChI is InChI=1S/C23H24N2O3/c1-15-8-11-20(12-16(15)2)24-22(26)14-28-23(27)19-6-5-7-21(13-19)25-17(3)9-10-18(25)4/h5-13H,14H2,1-4H3,(H,24,26). The van der Waals surface area contributed by atoms with Crippen LogP contribution < -0.4 is 5.32 Å². The first-order chi connectivity index (χ1) is 13.3. The van der Waals surface area contributed by atoms with E-state index in [9.17, 15) is 9.59 Å². The maximum absolute atomic E-state index is 12.4. The Kier molecular flexibility index (Phi) is 5.64. The summed E-state index contributed by atoms with van der Waals surface area (Å²) < 4.78 is 7.25. The lowest BCUT2D eigenvalue weighted by Gasteiger charge is -2.11. The number of amides is 1. The second-order valence-corrected chi connectivity index (χ2v) is 6.93. The van der Waals surface area contributed by atoms with Gasteiger partial charge in [-0.2, -0.15) is 0 Å². The van der Waals surface area contributed by atoms with Crippen molar-refractivity contribution in [3.8, 4) is 5.69 Å². The van der Waals surface area contributed by atoms with Gasteiger partial charge in [-0.1, -0.05) is 12.1 Å². The van der Waals surface area contributed by atoms with E-state index in [4.69, 9.17) is 4.74 Å². The summed E-state index contributed by atoms with van der Waals surface area (Å²) in [6, 6.07) is 16.9. The molecule has 0 bridgehead atoms. The van der Waals surface area contributed by atoms with Crippen molar-refractivity contribution in [2.24, 2.45) is 0 Å². The lowest BCUT2D eigenvalue weighted by atomic mass is 10.1. The SMILES string of the molecule is Cc1ccc(NC(=O)COC(=O)c2cccc(-n3c(C)ccc3C)c2)cc1C. The number of benzene rings is 2. The average molecular weight is 376 g/mol. The van der Waals surface area contributed by atoms with Crippen LogP contribution in [-0.4, -0.2) is 23.1 Å². The lowest BCUT2D eigenvalue weighted by Crippen LogP contribution is -2.21. The number of anilines is 1. The van der Waals surface area contributed by atoms with Crippen LogP contribution in [0.1, 0.15) is 32.9 Å². The Balaban J connectivity index is 1.64. The summed E-state index contributed by atoms with van der Waals surface area (Å²) in [5.74, 6) is -0.899. The minimum Gasteiger partial charge on any atom is -0.452 e. The highest BCUT2D eigenvalue weighted by atomic mass is 16.5. The molecule has 1 N–H and O–H groups in total. The topological polar surface area (TPSA) is 60.3 Å². The smallest absolute Gasteiger partial charge is 0.338 e. The number of hydrogen-bond acceptors (Lipinski definition) is 3. The zero-order chi connectivity index (χ0) is 20.3. The molecular formula is C23H24N2O3. The van der Waals surface area contributed by atoms with Crippen molar-refractivity contribution in [2.75, 3.05) is 11.9 Å². The molecule has 0 aliphatic heterocycles. The van der Waals surface area contributed by atoms with Gasteiger partial charge in [0, 0.05) is 22.8 Å². The second kappa shape index (κ2) is 8.13. The lowest BCUT2D eigenvalue weighted by molar-refractivity contribution is -0.119. The minimum absolute atomic E-state index is 0.336. The van der Waals surface area contributed by atoms with Crippen LogP contribution in [0.25, 0.3) is 5.69 Å². The Hall–Kier alpha value is -3.34. The normalized spacial score (nSPS) is 10.6. The van der Waals surface area contributed by atoms with Crippen LogP contribution in [0.5, 0.6) is 0 Å². The number of carbonyl (C=O) groups is 2. The number of esters is 1. The molecule has 28 heavy (non-hydrogen) atoms. The van der Waals surface area contributed by atoms with Crippen LogP contribution in [0.4, 0.5) is 5.69 Å².